The molecule has 0 saturated heterocycles. The molecule has 0 radical (unpaired) electrons. The highest BCUT2D eigenvalue weighted by Crippen LogP contribution is 2.36. The summed E-state index contributed by atoms with van der Waals surface area (Å²) in [4.78, 5) is 29.1. The number of carbonyl (C=O) groups excluding carboxylic acids is 1. The Labute approximate surface area is 186 Å². The standard InChI is InChI=1S/C22H43F2O6P/c1-2-3-4-5-6-7-8-9-10-11-12-13-14-15-16-17-22(25)30-20(18-21(23)24)19-29-31(26,27)28/h20-21H,2-19H2,1H3,(H2,26,27,28)/t20-/m0/s1. The number of unbranched alkanes of at least 4 members (excludes halogenated alkanes) is 14. The molecule has 0 aliphatic heterocycles. The molecule has 0 aromatic rings. The normalized spacial score (nSPS) is 13.0. The number of ether oxygens (including phenoxy) is 1. The van der Waals surface area contributed by atoms with Gasteiger partial charge in [-0.25, -0.2) is 13.3 Å². The van der Waals surface area contributed by atoms with E-state index in [0.29, 0.717) is 6.42 Å². The first kappa shape index (κ1) is 30.4. The molecule has 186 valence electrons. The van der Waals surface area contributed by atoms with E-state index in [1.807, 2.05) is 0 Å². The Kier molecular flexibility index (Phi) is 19.7. The molecule has 0 aromatic heterocycles. The summed E-state index contributed by atoms with van der Waals surface area (Å²) < 4.78 is 44.8. The Morgan fingerprint density at radius 2 is 1.23 bits per heavy atom. The smallest absolute Gasteiger partial charge is 0.460 e. The fourth-order valence-electron chi connectivity index (χ4n) is 3.41. The Morgan fingerprint density at radius 1 is 0.806 bits per heavy atom. The lowest BCUT2D eigenvalue weighted by molar-refractivity contribution is -0.153. The highest BCUT2D eigenvalue weighted by molar-refractivity contribution is 7.46. The lowest BCUT2D eigenvalue weighted by Gasteiger charge is -2.18. The van der Waals surface area contributed by atoms with Crippen LogP contribution in [0.3, 0.4) is 0 Å². The van der Waals surface area contributed by atoms with Crippen molar-refractivity contribution in [1.82, 2.24) is 0 Å². The van der Waals surface area contributed by atoms with Crippen LogP contribution >= 0.6 is 7.82 Å². The van der Waals surface area contributed by atoms with Crippen molar-refractivity contribution in [2.75, 3.05) is 6.61 Å². The van der Waals surface area contributed by atoms with E-state index < -0.39 is 39.3 Å². The number of esters is 1. The van der Waals surface area contributed by atoms with Gasteiger partial charge >= 0.3 is 13.8 Å². The van der Waals surface area contributed by atoms with E-state index in [1.54, 1.807) is 0 Å². The van der Waals surface area contributed by atoms with E-state index in [9.17, 15) is 18.1 Å². The lowest BCUT2D eigenvalue weighted by atomic mass is 10.0. The van der Waals surface area contributed by atoms with Crippen LogP contribution < -0.4 is 0 Å². The maximum atomic E-state index is 12.5. The monoisotopic (exact) mass is 472 g/mol. The zero-order valence-corrected chi connectivity index (χ0v) is 20.0. The van der Waals surface area contributed by atoms with E-state index in [4.69, 9.17) is 14.5 Å². The predicted molar refractivity (Wildman–Crippen MR) is 118 cm³/mol. The number of phosphoric ester groups is 1. The first-order chi connectivity index (χ1) is 14.7. The predicted octanol–water partition coefficient (Wildman–Crippen LogP) is 6.92. The van der Waals surface area contributed by atoms with Crippen LogP contribution in [0.1, 0.15) is 116 Å². The van der Waals surface area contributed by atoms with Gasteiger partial charge in [0.25, 0.3) is 0 Å². The summed E-state index contributed by atoms with van der Waals surface area (Å²) >= 11 is 0. The minimum atomic E-state index is -4.80. The number of hydrogen-bond acceptors (Lipinski definition) is 4. The van der Waals surface area contributed by atoms with Crippen molar-refractivity contribution >= 4 is 13.8 Å². The van der Waals surface area contributed by atoms with Gasteiger partial charge in [-0.15, -0.1) is 0 Å². The average Bonchev–Trinajstić information content (AvgIpc) is 2.68. The van der Waals surface area contributed by atoms with Crippen molar-refractivity contribution in [1.29, 1.82) is 0 Å². The molecule has 0 spiro atoms. The van der Waals surface area contributed by atoms with Gasteiger partial charge in [0, 0.05) is 12.8 Å². The highest BCUT2D eigenvalue weighted by Gasteiger charge is 2.24. The Balaban J connectivity index is 3.59. The number of halogens is 2. The van der Waals surface area contributed by atoms with Crippen molar-refractivity contribution < 1.29 is 37.2 Å². The van der Waals surface area contributed by atoms with Crippen LogP contribution in [-0.2, 0) is 18.6 Å². The van der Waals surface area contributed by atoms with E-state index in [2.05, 4.69) is 11.4 Å². The first-order valence-electron chi connectivity index (χ1n) is 11.9. The Bertz CT molecular complexity index is 473. The van der Waals surface area contributed by atoms with Crippen LogP contribution in [0, 0.1) is 0 Å². The SMILES string of the molecule is CCCCCCCCCCCCCCCCCC(=O)O[C@H](COP(=O)(O)O)CC(F)F. The molecule has 0 aliphatic rings. The number of rotatable bonds is 22. The molecule has 2 N–H and O–H groups in total. The van der Waals surface area contributed by atoms with E-state index in [0.717, 1.165) is 19.3 Å². The molecule has 0 aromatic carbocycles. The zero-order valence-electron chi connectivity index (χ0n) is 19.1. The van der Waals surface area contributed by atoms with Gasteiger partial charge in [-0.3, -0.25) is 9.32 Å². The molecule has 0 fully saturated rings. The number of hydrogen-bond donors (Lipinski definition) is 2. The van der Waals surface area contributed by atoms with Gasteiger partial charge in [0.15, 0.2) is 0 Å². The van der Waals surface area contributed by atoms with Crippen LogP contribution in [0.25, 0.3) is 0 Å². The molecular formula is C22H43F2O6P. The molecule has 1 atom stereocenters. The van der Waals surface area contributed by atoms with E-state index in [-0.39, 0.29) is 6.42 Å². The molecule has 0 bridgehead atoms. The molecule has 0 aliphatic carbocycles. The molecule has 31 heavy (non-hydrogen) atoms. The average molecular weight is 473 g/mol. The van der Waals surface area contributed by atoms with Crippen molar-refractivity contribution in [2.24, 2.45) is 0 Å². The van der Waals surface area contributed by atoms with Crippen LogP contribution in [0.15, 0.2) is 0 Å². The molecule has 9 heteroatoms. The summed E-state index contributed by atoms with van der Waals surface area (Å²) in [5.74, 6) is -0.644. The molecule has 6 nitrogen and oxygen atoms in total. The van der Waals surface area contributed by atoms with Crippen molar-refractivity contribution in [3.05, 3.63) is 0 Å². The number of alkyl halides is 2. The second-order valence-electron chi connectivity index (χ2n) is 8.22. The number of carbonyl (C=O) groups is 1. The molecule has 0 unspecified atom stereocenters. The third kappa shape index (κ3) is 23.9. The van der Waals surface area contributed by atoms with Gasteiger partial charge in [0.05, 0.1) is 6.61 Å². The van der Waals surface area contributed by atoms with Crippen LogP contribution in [0.5, 0.6) is 0 Å². The highest BCUT2D eigenvalue weighted by atomic mass is 31.2. The first-order valence-corrected chi connectivity index (χ1v) is 13.4. The number of phosphoric acid groups is 1. The van der Waals surface area contributed by atoms with Crippen LogP contribution in [-0.4, -0.2) is 34.9 Å². The van der Waals surface area contributed by atoms with Crippen LogP contribution in [0.4, 0.5) is 8.78 Å². The molecule has 0 saturated carbocycles. The van der Waals surface area contributed by atoms with Crippen molar-refractivity contribution in [3.8, 4) is 0 Å². The minimum Gasteiger partial charge on any atom is -0.460 e. The van der Waals surface area contributed by atoms with E-state index in [1.165, 1.54) is 70.6 Å². The second kappa shape index (κ2) is 20.1. The third-order valence-electron chi connectivity index (χ3n) is 5.15. The zero-order chi connectivity index (χ0) is 23.4. The molecular weight excluding hydrogens is 429 g/mol. The minimum absolute atomic E-state index is 0.105. The second-order valence-corrected chi connectivity index (χ2v) is 9.46. The maximum Gasteiger partial charge on any atom is 0.469 e. The molecule has 0 amide bonds. The Morgan fingerprint density at radius 3 is 1.61 bits per heavy atom. The van der Waals surface area contributed by atoms with Gasteiger partial charge in [0.2, 0.25) is 6.43 Å². The van der Waals surface area contributed by atoms with E-state index >= 15 is 0 Å². The van der Waals surface area contributed by atoms with Gasteiger partial charge in [-0.1, -0.05) is 96.8 Å². The summed E-state index contributed by atoms with van der Waals surface area (Å²) in [5, 5.41) is 0. The molecule has 0 heterocycles. The summed E-state index contributed by atoms with van der Waals surface area (Å²) in [6.45, 7) is 1.49. The summed E-state index contributed by atoms with van der Waals surface area (Å²) in [7, 11) is -4.80. The van der Waals surface area contributed by atoms with Crippen molar-refractivity contribution in [3.63, 3.8) is 0 Å². The molecule has 0 rings (SSSR count). The fraction of sp³-hybridized carbons (Fsp3) is 0.955. The Hall–Kier alpha value is -0.560. The fourth-order valence-corrected chi connectivity index (χ4v) is 3.78. The maximum absolute atomic E-state index is 12.5. The summed E-state index contributed by atoms with van der Waals surface area (Å²) in [6, 6.07) is 0. The largest absolute Gasteiger partial charge is 0.469 e. The van der Waals surface area contributed by atoms with Gasteiger partial charge in [-0.2, -0.15) is 0 Å². The third-order valence-corrected chi connectivity index (χ3v) is 5.64. The van der Waals surface area contributed by atoms with Gasteiger partial charge < -0.3 is 14.5 Å². The van der Waals surface area contributed by atoms with Gasteiger partial charge in [-0.05, 0) is 6.42 Å². The lowest BCUT2D eigenvalue weighted by Crippen LogP contribution is -2.25. The van der Waals surface area contributed by atoms with Gasteiger partial charge in [0.1, 0.15) is 6.10 Å². The van der Waals surface area contributed by atoms with Crippen LogP contribution in [0.2, 0.25) is 0 Å². The summed E-state index contributed by atoms with van der Waals surface area (Å²) in [5.41, 5.74) is 0. The topological polar surface area (TPSA) is 93.1 Å². The quantitative estimate of drug-likeness (QED) is 0.101. The van der Waals surface area contributed by atoms with Crippen molar-refractivity contribution in [2.45, 2.75) is 129 Å². The summed E-state index contributed by atoms with van der Waals surface area (Å²) in [6.07, 6.45) is 13.2.